The zero-order valence-corrected chi connectivity index (χ0v) is 14.3. The lowest BCUT2D eigenvalue weighted by Gasteiger charge is -2.14. The Balaban J connectivity index is 1.56. The SMILES string of the molecule is O=C(C[C@H]1NC(=O)N(Cc2ccccc2)C1=O)N[C@H]1CCS(=O)(=O)C1. The van der Waals surface area contributed by atoms with Gasteiger partial charge in [0.2, 0.25) is 5.91 Å². The molecule has 2 N–H and O–H groups in total. The summed E-state index contributed by atoms with van der Waals surface area (Å²) >= 11 is 0. The van der Waals surface area contributed by atoms with E-state index in [-0.39, 0.29) is 24.5 Å². The van der Waals surface area contributed by atoms with Gasteiger partial charge in [0.1, 0.15) is 6.04 Å². The Labute approximate surface area is 145 Å². The number of carbonyl (C=O) groups excluding carboxylic acids is 3. The third kappa shape index (κ3) is 4.16. The molecule has 0 radical (unpaired) electrons. The van der Waals surface area contributed by atoms with Crippen molar-refractivity contribution in [3.63, 3.8) is 0 Å². The van der Waals surface area contributed by atoms with Crippen molar-refractivity contribution in [1.82, 2.24) is 15.5 Å². The number of benzene rings is 1. The van der Waals surface area contributed by atoms with Gasteiger partial charge in [0.05, 0.1) is 24.5 Å². The average molecular weight is 365 g/mol. The molecule has 2 heterocycles. The molecule has 1 aromatic carbocycles. The van der Waals surface area contributed by atoms with Gasteiger partial charge in [-0.15, -0.1) is 0 Å². The zero-order valence-electron chi connectivity index (χ0n) is 13.5. The number of hydrogen-bond donors (Lipinski definition) is 2. The third-order valence-corrected chi connectivity index (χ3v) is 6.05. The van der Waals surface area contributed by atoms with Crippen molar-refractivity contribution in [2.45, 2.75) is 31.5 Å². The van der Waals surface area contributed by atoms with Crippen molar-refractivity contribution in [2.24, 2.45) is 0 Å². The van der Waals surface area contributed by atoms with Crippen molar-refractivity contribution >= 4 is 27.7 Å². The van der Waals surface area contributed by atoms with Crippen molar-refractivity contribution in [3.8, 4) is 0 Å². The van der Waals surface area contributed by atoms with Crippen molar-refractivity contribution in [1.29, 1.82) is 0 Å². The van der Waals surface area contributed by atoms with E-state index < -0.39 is 39.8 Å². The van der Waals surface area contributed by atoms with Crippen LogP contribution in [0.5, 0.6) is 0 Å². The molecule has 0 aliphatic carbocycles. The fourth-order valence-corrected chi connectivity index (χ4v) is 4.69. The van der Waals surface area contributed by atoms with Crippen LogP contribution >= 0.6 is 0 Å². The zero-order chi connectivity index (χ0) is 18.0. The third-order valence-electron chi connectivity index (χ3n) is 4.28. The molecule has 0 aromatic heterocycles. The number of urea groups is 1. The Morgan fingerprint density at radius 1 is 1.24 bits per heavy atom. The molecule has 2 atom stereocenters. The van der Waals surface area contributed by atoms with Crippen LogP contribution in [0.15, 0.2) is 30.3 Å². The number of sulfone groups is 1. The van der Waals surface area contributed by atoms with E-state index in [4.69, 9.17) is 0 Å². The van der Waals surface area contributed by atoms with E-state index in [1.165, 1.54) is 0 Å². The van der Waals surface area contributed by atoms with Crippen LogP contribution < -0.4 is 10.6 Å². The van der Waals surface area contributed by atoms with Crippen LogP contribution in [0.2, 0.25) is 0 Å². The molecule has 0 unspecified atom stereocenters. The lowest BCUT2D eigenvalue weighted by Crippen LogP contribution is -2.41. The quantitative estimate of drug-likeness (QED) is 0.702. The minimum atomic E-state index is -3.09. The normalized spacial score (nSPS) is 25.0. The highest BCUT2D eigenvalue weighted by atomic mass is 32.2. The van der Waals surface area contributed by atoms with E-state index in [0.717, 1.165) is 10.5 Å². The summed E-state index contributed by atoms with van der Waals surface area (Å²) < 4.78 is 22.8. The Kier molecular flexibility index (Phi) is 4.76. The minimum absolute atomic E-state index is 0.0574. The topological polar surface area (TPSA) is 113 Å². The molecule has 2 aliphatic heterocycles. The van der Waals surface area contributed by atoms with Crippen molar-refractivity contribution in [2.75, 3.05) is 11.5 Å². The van der Waals surface area contributed by atoms with Gasteiger partial charge in [-0.1, -0.05) is 30.3 Å². The molecule has 0 saturated carbocycles. The van der Waals surface area contributed by atoms with Gasteiger partial charge in [0, 0.05) is 6.04 Å². The van der Waals surface area contributed by atoms with Gasteiger partial charge in [0.15, 0.2) is 9.84 Å². The van der Waals surface area contributed by atoms with Gasteiger partial charge >= 0.3 is 6.03 Å². The maximum absolute atomic E-state index is 12.4. The molecule has 0 bridgehead atoms. The molecule has 9 heteroatoms. The first-order chi connectivity index (χ1) is 11.8. The number of amides is 4. The summed E-state index contributed by atoms with van der Waals surface area (Å²) in [5.41, 5.74) is 0.812. The Morgan fingerprint density at radius 3 is 2.60 bits per heavy atom. The van der Waals surface area contributed by atoms with Crippen LogP contribution in [-0.2, 0) is 26.0 Å². The smallest absolute Gasteiger partial charge is 0.325 e. The highest BCUT2D eigenvalue weighted by Crippen LogP contribution is 2.15. The molecular weight excluding hydrogens is 346 g/mol. The summed E-state index contributed by atoms with van der Waals surface area (Å²) in [7, 11) is -3.09. The first-order valence-corrected chi connectivity index (χ1v) is 9.82. The standard InChI is InChI=1S/C16H19N3O5S/c20-14(17-12-6-7-25(23,24)10-12)8-13-15(21)19(16(22)18-13)9-11-4-2-1-3-5-11/h1-5,12-13H,6-10H2,(H,17,20)(H,18,22)/t12-,13+/m0/s1. The Hall–Kier alpha value is -2.42. The van der Waals surface area contributed by atoms with Crippen LogP contribution in [-0.4, -0.2) is 54.8 Å². The fraction of sp³-hybridized carbons (Fsp3) is 0.438. The molecule has 1 aromatic rings. The van der Waals surface area contributed by atoms with E-state index >= 15 is 0 Å². The number of carbonyl (C=O) groups is 3. The molecule has 134 valence electrons. The number of nitrogens with one attached hydrogen (secondary N) is 2. The second-order valence-electron chi connectivity index (χ2n) is 6.28. The first-order valence-electron chi connectivity index (χ1n) is 8.00. The number of nitrogens with zero attached hydrogens (tertiary/aromatic N) is 1. The summed E-state index contributed by atoms with van der Waals surface area (Å²) in [5, 5.41) is 5.13. The maximum Gasteiger partial charge on any atom is 0.325 e. The fourth-order valence-electron chi connectivity index (χ4n) is 3.01. The van der Waals surface area contributed by atoms with E-state index in [0.29, 0.717) is 6.42 Å². The molecule has 2 saturated heterocycles. The van der Waals surface area contributed by atoms with Crippen LogP contribution in [0.25, 0.3) is 0 Å². The molecule has 0 spiro atoms. The minimum Gasteiger partial charge on any atom is -0.352 e. The Bertz CT molecular complexity index is 793. The molecule has 2 fully saturated rings. The van der Waals surface area contributed by atoms with Gasteiger partial charge in [-0.25, -0.2) is 13.2 Å². The van der Waals surface area contributed by atoms with Crippen LogP contribution in [0.3, 0.4) is 0 Å². The lowest BCUT2D eigenvalue weighted by atomic mass is 10.1. The molecular formula is C16H19N3O5S. The summed E-state index contributed by atoms with van der Waals surface area (Å²) in [4.78, 5) is 37.5. The van der Waals surface area contributed by atoms with E-state index in [2.05, 4.69) is 10.6 Å². The number of imide groups is 1. The summed E-state index contributed by atoms with van der Waals surface area (Å²) in [6.07, 6.45) is 0.172. The van der Waals surface area contributed by atoms with Crippen LogP contribution in [0, 0.1) is 0 Å². The van der Waals surface area contributed by atoms with E-state index in [1.807, 2.05) is 18.2 Å². The molecule has 8 nitrogen and oxygen atoms in total. The number of hydrogen-bond acceptors (Lipinski definition) is 5. The molecule has 25 heavy (non-hydrogen) atoms. The average Bonchev–Trinajstić information content (AvgIpc) is 3.02. The van der Waals surface area contributed by atoms with Gasteiger partial charge < -0.3 is 10.6 Å². The first kappa shape index (κ1) is 17.4. The monoisotopic (exact) mass is 365 g/mol. The van der Waals surface area contributed by atoms with Crippen LogP contribution in [0.4, 0.5) is 4.79 Å². The molecule has 3 rings (SSSR count). The molecule has 2 aliphatic rings. The highest BCUT2D eigenvalue weighted by molar-refractivity contribution is 7.91. The summed E-state index contributed by atoms with van der Waals surface area (Å²) in [6.45, 7) is 0.143. The van der Waals surface area contributed by atoms with Crippen molar-refractivity contribution < 1.29 is 22.8 Å². The van der Waals surface area contributed by atoms with Gasteiger partial charge in [0.25, 0.3) is 5.91 Å². The van der Waals surface area contributed by atoms with Crippen LogP contribution in [0.1, 0.15) is 18.4 Å². The number of rotatable bonds is 5. The van der Waals surface area contributed by atoms with Gasteiger partial charge in [-0.05, 0) is 12.0 Å². The second-order valence-corrected chi connectivity index (χ2v) is 8.51. The predicted octanol–water partition coefficient (Wildman–Crippen LogP) is -0.200. The van der Waals surface area contributed by atoms with Gasteiger partial charge in [-0.3, -0.25) is 14.5 Å². The summed E-state index contributed by atoms with van der Waals surface area (Å²) in [5.74, 6) is -0.920. The Morgan fingerprint density at radius 2 is 1.96 bits per heavy atom. The summed E-state index contributed by atoms with van der Waals surface area (Å²) in [6, 6.07) is 7.20. The van der Waals surface area contributed by atoms with E-state index in [9.17, 15) is 22.8 Å². The lowest BCUT2D eigenvalue weighted by molar-refractivity contribution is -0.131. The van der Waals surface area contributed by atoms with Gasteiger partial charge in [-0.2, -0.15) is 0 Å². The van der Waals surface area contributed by atoms with Crippen molar-refractivity contribution in [3.05, 3.63) is 35.9 Å². The highest BCUT2D eigenvalue weighted by Gasteiger charge is 2.39. The maximum atomic E-state index is 12.4. The van der Waals surface area contributed by atoms with E-state index in [1.54, 1.807) is 12.1 Å². The largest absolute Gasteiger partial charge is 0.352 e. The molecule has 4 amide bonds. The second kappa shape index (κ2) is 6.83. The predicted molar refractivity (Wildman–Crippen MR) is 89.1 cm³/mol.